The third-order valence-electron chi connectivity index (χ3n) is 2.72. The molecule has 0 aliphatic carbocycles. The molecule has 0 saturated heterocycles. The minimum Gasteiger partial charge on any atom is -0.508 e. The van der Waals surface area contributed by atoms with Gasteiger partial charge in [0.15, 0.2) is 6.10 Å². The van der Waals surface area contributed by atoms with E-state index >= 15 is 0 Å². The van der Waals surface area contributed by atoms with Gasteiger partial charge < -0.3 is 14.6 Å². The molecular formula is C15H22O4. The topological polar surface area (TPSA) is 55.8 Å². The van der Waals surface area contributed by atoms with Gasteiger partial charge >= 0.3 is 5.97 Å². The molecule has 0 unspecified atom stereocenters. The molecule has 1 atom stereocenters. The third-order valence-corrected chi connectivity index (χ3v) is 2.72. The molecular weight excluding hydrogens is 244 g/mol. The third kappa shape index (κ3) is 5.75. The molecule has 1 N–H and O–H groups in total. The fraction of sp³-hybridized carbons (Fsp3) is 0.533. The maximum atomic E-state index is 11.8. The molecule has 1 rings (SSSR count). The van der Waals surface area contributed by atoms with Crippen molar-refractivity contribution in [2.75, 3.05) is 13.2 Å². The molecule has 0 radical (unpaired) electrons. The molecule has 0 fully saturated rings. The van der Waals surface area contributed by atoms with Gasteiger partial charge in [-0.05, 0) is 31.0 Å². The van der Waals surface area contributed by atoms with Gasteiger partial charge in [0.2, 0.25) is 0 Å². The molecule has 0 bridgehead atoms. The van der Waals surface area contributed by atoms with Gasteiger partial charge in [-0.25, -0.2) is 4.79 Å². The Kier molecular flexibility index (Phi) is 6.97. The van der Waals surface area contributed by atoms with Crippen molar-refractivity contribution in [1.29, 1.82) is 0 Å². The smallest absolute Gasteiger partial charge is 0.335 e. The molecule has 0 amide bonds. The highest BCUT2D eigenvalue weighted by atomic mass is 16.6. The lowest BCUT2D eigenvalue weighted by atomic mass is 10.1. The summed E-state index contributed by atoms with van der Waals surface area (Å²) < 4.78 is 10.6. The summed E-state index contributed by atoms with van der Waals surface area (Å²) in [7, 11) is 0. The van der Waals surface area contributed by atoms with E-state index in [-0.39, 0.29) is 11.7 Å². The van der Waals surface area contributed by atoms with E-state index in [1.807, 2.05) is 0 Å². The van der Waals surface area contributed by atoms with Gasteiger partial charge in [0.25, 0.3) is 0 Å². The highest BCUT2D eigenvalue weighted by Crippen LogP contribution is 2.13. The molecule has 1 aromatic rings. The van der Waals surface area contributed by atoms with Crippen molar-refractivity contribution in [3.05, 3.63) is 29.8 Å². The number of phenols is 1. The quantitative estimate of drug-likeness (QED) is 0.580. The summed E-state index contributed by atoms with van der Waals surface area (Å²) in [5.41, 5.74) is 0.937. The predicted molar refractivity (Wildman–Crippen MR) is 73.1 cm³/mol. The summed E-state index contributed by atoms with van der Waals surface area (Å²) >= 11 is 0. The Hall–Kier alpha value is -1.55. The van der Waals surface area contributed by atoms with Crippen LogP contribution in [0.1, 0.15) is 32.3 Å². The number of hydrogen-bond acceptors (Lipinski definition) is 4. The van der Waals surface area contributed by atoms with E-state index in [9.17, 15) is 9.90 Å². The molecule has 0 aromatic heterocycles. The first-order chi connectivity index (χ1) is 9.17. The van der Waals surface area contributed by atoms with Crippen LogP contribution in [0, 0.1) is 0 Å². The van der Waals surface area contributed by atoms with Crippen LogP contribution in [-0.2, 0) is 20.7 Å². The number of benzene rings is 1. The number of carbonyl (C=O) groups is 1. The summed E-state index contributed by atoms with van der Waals surface area (Å²) in [6, 6.07) is 6.77. The standard InChI is InChI=1S/C15H22O4/c1-3-5-10-19-14(15(17)18-4-2)11-12-6-8-13(16)9-7-12/h6-9,14,16H,3-5,10-11H2,1-2H3/t14-/m0/s1. The summed E-state index contributed by atoms with van der Waals surface area (Å²) in [6.45, 7) is 4.75. The SMILES string of the molecule is CCCCO[C@@H](Cc1ccc(O)cc1)C(=O)OCC. The van der Waals surface area contributed by atoms with Crippen molar-refractivity contribution >= 4 is 5.97 Å². The van der Waals surface area contributed by atoms with Crippen LogP contribution in [0.5, 0.6) is 5.75 Å². The van der Waals surface area contributed by atoms with Crippen LogP contribution in [0.3, 0.4) is 0 Å². The Balaban J connectivity index is 2.61. The Labute approximate surface area is 114 Å². The predicted octanol–water partition coefficient (Wildman–Crippen LogP) is 2.68. The number of carbonyl (C=O) groups excluding carboxylic acids is 1. The lowest BCUT2D eigenvalue weighted by molar-refractivity contribution is -0.156. The van der Waals surface area contributed by atoms with Crippen LogP contribution in [0.4, 0.5) is 0 Å². The van der Waals surface area contributed by atoms with Crippen molar-refractivity contribution in [3.63, 3.8) is 0 Å². The maximum Gasteiger partial charge on any atom is 0.335 e. The second-order valence-electron chi connectivity index (χ2n) is 4.34. The van der Waals surface area contributed by atoms with E-state index < -0.39 is 6.10 Å². The van der Waals surface area contributed by atoms with Gasteiger partial charge in [-0.3, -0.25) is 0 Å². The Morgan fingerprint density at radius 3 is 2.53 bits per heavy atom. The molecule has 0 aliphatic rings. The lowest BCUT2D eigenvalue weighted by Crippen LogP contribution is -2.29. The molecule has 1 aromatic carbocycles. The zero-order valence-corrected chi connectivity index (χ0v) is 11.6. The lowest BCUT2D eigenvalue weighted by Gasteiger charge is -2.16. The van der Waals surface area contributed by atoms with Crippen molar-refractivity contribution in [1.82, 2.24) is 0 Å². The van der Waals surface area contributed by atoms with Gasteiger partial charge in [-0.1, -0.05) is 25.5 Å². The Bertz CT molecular complexity index is 372. The number of unbranched alkanes of at least 4 members (excludes halogenated alkanes) is 1. The molecule has 4 nitrogen and oxygen atoms in total. The zero-order valence-electron chi connectivity index (χ0n) is 11.6. The van der Waals surface area contributed by atoms with E-state index in [0.717, 1.165) is 18.4 Å². The largest absolute Gasteiger partial charge is 0.508 e. The summed E-state index contributed by atoms with van der Waals surface area (Å²) in [6.07, 6.45) is 1.83. The van der Waals surface area contributed by atoms with Crippen LogP contribution in [0.15, 0.2) is 24.3 Å². The van der Waals surface area contributed by atoms with Gasteiger partial charge in [-0.2, -0.15) is 0 Å². The first kappa shape index (κ1) is 15.5. The average Bonchev–Trinajstić information content (AvgIpc) is 2.40. The minimum absolute atomic E-state index is 0.211. The van der Waals surface area contributed by atoms with Crippen LogP contribution >= 0.6 is 0 Å². The molecule has 0 heterocycles. The fourth-order valence-electron chi connectivity index (χ4n) is 1.66. The number of aromatic hydroxyl groups is 1. The first-order valence-electron chi connectivity index (χ1n) is 6.73. The van der Waals surface area contributed by atoms with E-state index in [0.29, 0.717) is 19.6 Å². The summed E-state index contributed by atoms with van der Waals surface area (Å²) in [5, 5.41) is 9.23. The molecule has 0 saturated carbocycles. The number of ether oxygens (including phenoxy) is 2. The second-order valence-corrected chi connectivity index (χ2v) is 4.34. The van der Waals surface area contributed by atoms with Gasteiger partial charge in [0.1, 0.15) is 5.75 Å². The van der Waals surface area contributed by atoms with Crippen molar-refractivity contribution in [2.24, 2.45) is 0 Å². The molecule has 4 heteroatoms. The highest BCUT2D eigenvalue weighted by Gasteiger charge is 2.20. The molecule has 106 valence electrons. The molecule has 19 heavy (non-hydrogen) atoms. The molecule has 0 spiro atoms. The highest BCUT2D eigenvalue weighted by molar-refractivity contribution is 5.75. The number of phenolic OH excluding ortho intramolecular Hbond substituents is 1. The fourth-order valence-corrected chi connectivity index (χ4v) is 1.66. The summed E-state index contributed by atoms with van der Waals surface area (Å²) in [5.74, 6) is -0.116. The Morgan fingerprint density at radius 1 is 1.26 bits per heavy atom. The number of esters is 1. The zero-order chi connectivity index (χ0) is 14.1. The monoisotopic (exact) mass is 266 g/mol. The first-order valence-corrected chi connectivity index (χ1v) is 6.73. The maximum absolute atomic E-state index is 11.8. The van der Waals surface area contributed by atoms with Crippen LogP contribution in [-0.4, -0.2) is 30.4 Å². The van der Waals surface area contributed by atoms with E-state index in [1.165, 1.54) is 0 Å². The number of rotatable bonds is 8. The van der Waals surface area contributed by atoms with Crippen molar-refractivity contribution in [2.45, 2.75) is 39.2 Å². The van der Waals surface area contributed by atoms with Crippen molar-refractivity contribution < 1.29 is 19.4 Å². The van der Waals surface area contributed by atoms with Gasteiger partial charge in [-0.15, -0.1) is 0 Å². The van der Waals surface area contributed by atoms with E-state index in [1.54, 1.807) is 31.2 Å². The van der Waals surface area contributed by atoms with E-state index in [2.05, 4.69) is 6.92 Å². The Morgan fingerprint density at radius 2 is 1.95 bits per heavy atom. The van der Waals surface area contributed by atoms with Crippen LogP contribution in [0.25, 0.3) is 0 Å². The van der Waals surface area contributed by atoms with Crippen LogP contribution in [0.2, 0.25) is 0 Å². The second kappa shape index (κ2) is 8.53. The number of hydrogen-bond donors (Lipinski definition) is 1. The van der Waals surface area contributed by atoms with Gasteiger partial charge in [0.05, 0.1) is 6.61 Å². The summed E-state index contributed by atoms with van der Waals surface area (Å²) in [4.78, 5) is 11.8. The molecule has 0 aliphatic heterocycles. The van der Waals surface area contributed by atoms with E-state index in [4.69, 9.17) is 9.47 Å². The van der Waals surface area contributed by atoms with Crippen molar-refractivity contribution in [3.8, 4) is 5.75 Å². The average molecular weight is 266 g/mol. The van der Waals surface area contributed by atoms with Crippen LogP contribution < -0.4 is 0 Å². The normalized spacial score (nSPS) is 12.1. The minimum atomic E-state index is -0.573. The van der Waals surface area contributed by atoms with Gasteiger partial charge in [0, 0.05) is 13.0 Å².